The average molecular weight is 405 g/mol. The molecule has 0 fully saturated rings. The van der Waals surface area contributed by atoms with Gasteiger partial charge in [0.05, 0.1) is 33.3 Å². The monoisotopic (exact) mass is 405 g/mol. The number of hydrogen-bond donors (Lipinski definition) is 2. The molecule has 2 aromatic rings. The Bertz CT molecular complexity index is 979. The molecule has 0 saturated heterocycles. The summed E-state index contributed by atoms with van der Waals surface area (Å²) in [5.74, 6) is -2.27. The number of methoxy groups -OCH3 is 3. The SMILES string of the molecule is COC(=O)C[C@H](c1ccc(OC)cc1OC)c1c(O)cc(C)n(CC(=O)O)c1=O. The van der Waals surface area contributed by atoms with Gasteiger partial charge in [0.15, 0.2) is 0 Å². The average Bonchev–Trinajstić information content (AvgIpc) is 2.69. The van der Waals surface area contributed by atoms with E-state index in [1.165, 1.54) is 34.3 Å². The van der Waals surface area contributed by atoms with Gasteiger partial charge in [-0.1, -0.05) is 6.07 Å². The van der Waals surface area contributed by atoms with Gasteiger partial charge in [0.25, 0.3) is 5.56 Å². The molecule has 9 heteroatoms. The zero-order valence-electron chi connectivity index (χ0n) is 16.6. The van der Waals surface area contributed by atoms with E-state index in [4.69, 9.17) is 19.3 Å². The maximum absolute atomic E-state index is 13.1. The van der Waals surface area contributed by atoms with Gasteiger partial charge in [0.2, 0.25) is 0 Å². The van der Waals surface area contributed by atoms with Gasteiger partial charge in [-0.2, -0.15) is 0 Å². The summed E-state index contributed by atoms with van der Waals surface area (Å²) in [7, 11) is 4.12. The number of ether oxygens (including phenoxy) is 3. The van der Waals surface area contributed by atoms with E-state index in [9.17, 15) is 19.5 Å². The quantitative estimate of drug-likeness (QED) is 0.636. The number of rotatable bonds is 8. The number of carboxylic acids is 1. The number of carbonyl (C=O) groups excluding carboxylic acids is 1. The number of nitrogens with zero attached hydrogens (tertiary/aromatic N) is 1. The first kappa shape index (κ1) is 21.8. The summed E-state index contributed by atoms with van der Waals surface area (Å²) in [6.07, 6.45) is -0.266. The first-order valence-electron chi connectivity index (χ1n) is 8.67. The molecule has 2 N–H and O–H groups in total. The highest BCUT2D eigenvalue weighted by Crippen LogP contribution is 2.38. The second-order valence-electron chi connectivity index (χ2n) is 6.31. The van der Waals surface area contributed by atoms with Crippen LogP contribution in [0, 0.1) is 6.92 Å². The Kier molecular flexibility index (Phi) is 6.87. The molecule has 0 aliphatic rings. The van der Waals surface area contributed by atoms with Crippen molar-refractivity contribution in [1.82, 2.24) is 4.57 Å². The topological polar surface area (TPSA) is 124 Å². The normalized spacial score (nSPS) is 11.6. The molecule has 1 atom stereocenters. The van der Waals surface area contributed by atoms with Crippen LogP contribution in [0.3, 0.4) is 0 Å². The molecule has 0 amide bonds. The van der Waals surface area contributed by atoms with Crippen LogP contribution in [0.4, 0.5) is 0 Å². The summed E-state index contributed by atoms with van der Waals surface area (Å²) < 4.78 is 16.3. The highest BCUT2D eigenvalue weighted by Gasteiger charge is 2.29. The van der Waals surface area contributed by atoms with Crippen molar-refractivity contribution in [2.75, 3.05) is 21.3 Å². The number of carbonyl (C=O) groups is 2. The Morgan fingerprint density at radius 1 is 1.14 bits per heavy atom. The molecule has 1 heterocycles. The number of benzene rings is 1. The number of esters is 1. The van der Waals surface area contributed by atoms with Crippen LogP contribution in [-0.2, 0) is 20.9 Å². The van der Waals surface area contributed by atoms with Crippen LogP contribution in [0.2, 0.25) is 0 Å². The second-order valence-corrected chi connectivity index (χ2v) is 6.31. The van der Waals surface area contributed by atoms with Gasteiger partial charge in [-0.15, -0.1) is 0 Å². The lowest BCUT2D eigenvalue weighted by Gasteiger charge is -2.22. The third-order valence-corrected chi connectivity index (χ3v) is 4.58. The molecule has 0 aliphatic carbocycles. The molecule has 0 spiro atoms. The smallest absolute Gasteiger partial charge is 0.323 e. The van der Waals surface area contributed by atoms with Crippen molar-refractivity contribution in [2.45, 2.75) is 25.8 Å². The molecule has 0 bridgehead atoms. The third kappa shape index (κ3) is 4.68. The lowest BCUT2D eigenvalue weighted by Crippen LogP contribution is -2.31. The van der Waals surface area contributed by atoms with Crippen molar-refractivity contribution in [3.05, 3.63) is 51.4 Å². The van der Waals surface area contributed by atoms with Crippen LogP contribution >= 0.6 is 0 Å². The van der Waals surface area contributed by atoms with Gasteiger partial charge in [0.1, 0.15) is 23.8 Å². The van der Waals surface area contributed by atoms with Gasteiger partial charge in [-0.05, 0) is 19.1 Å². The van der Waals surface area contributed by atoms with E-state index in [2.05, 4.69) is 0 Å². The Labute approximate surface area is 167 Å². The summed E-state index contributed by atoms with van der Waals surface area (Å²) in [6.45, 7) is 0.930. The van der Waals surface area contributed by atoms with Crippen molar-refractivity contribution >= 4 is 11.9 Å². The Hall–Kier alpha value is -3.49. The van der Waals surface area contributed by atoms with Crippen molar-refractivity contribution in [2.24, 2.45) is 0 Å². The van der Waals surface area contributed by atoms with E-state index in [1.807, 2.05) is 0 Å². The number of hydrogen-bond acceptors (Lipinski definition) is 7. The van der Waals surface area contributed by atoms with Crippen LogP contribution in [0.25, 0.3) is 0 Å². The standard InChI is InChI=1S/C20H23NO8/c1-11-7-15(22)19(20(26)21(11)10-17(23)24)14(9-18(25)29-4)13-6-5-12(27-2)8-16(13)28-3/h5-8,14,22H,9-10H2,1-4H3,(H,23,24)/t14-/m1/s1. The molecule has 1 aromatic heterocycles. The van der Waals surface area contributed by atoms with Gasteiger partial charge in [0, 0.05) is 23.2 Å². The Morgan fingerprint density at radius 3 is 2.38 bits per heavy atom. The third-order valence-electron chi connectivity index (χ3n) is 4.58. The fraction of sp³-hybridized carbons (Fsp3) is 0.350. The first-order chi connectivity index (χ1) is 13.7. The Balaban J connectivity index is 2.77. The van der Waals surface area contributed by atoms with Crippen LogP contribution in [0.5, 0.6) is 17.2 Å². The Morgan fingerprint density at radius 2 is 1.83 bits per heavy atom. The van der Waals surface area contributed by atoms with Crippen LogP contribution < -0.4 is 15.0 Å². The zero-order valence-corrected chi connectivity index (χ0v) is 16.6. The molecule has 0 saturated carbocycles. The molecule has 2 rings (SSSR count). The number of aromatic nitrogens is 1. The predicted octanol–water partition coefficient (Wildman–Crippen LogP) is 1.66. The van der Waals surface area contributed by atoms with E-state index in [0.717, 1.165) is 4.57 Å². The van der Waals surface area contributed by atoms with Crippen molar-refractivity contribution in [1.29, 1.82) is 0 Å². The highest BCUT2D eigenvalue weighted by molar-refractivity contribution is 5.72. The lowest BCUT2D eigenvalue weighted by molar-refractivity contribution is -0.141. The van der Waals surface area contributed by atoms with E-state index in [1.54, 1.807) is 18.2 Å². The van der Waals surface area contributed by atoms with E-state index in [0.29, 0.717) is 17.1 Å². The molecule has 0 unspecified atom stereocenters. The number of pyridine rings is 1. The predicted molar refractivity (Wildman–Crippen MR) is 103 cm³/mol. The van der Waals surface area contributed by atoms with Crippen molar-refractivity contribution < 1.29 is 34.0 Å². The number of carboxylic acid groups (broad SMARTS) is 1. The molecular weight excluding hydrogens is 382 g/mol. The summed E-state index contributed by atoms with van der Waals surface area (Å²) >= 11 is 0. The number of aromatic hydroxyl groups is 1. The number of aliphatic carboxylic acids is 1. The summed E-state index contributed by atoms with van der Waals surface area (Å²) in [6, 6.07) is 6.12. The minimum Gasteiger partial charge on any atom is -0.507 e. The number of aryl methyl sites for hydroxylation is 1. The zero-order chi connectivity index (χ0) is 21.7. The van der Waals surface area contributed by atoms with Crippen LogP contribution in [0.1, 0.15) is 29.2 Å². The first-order valence-corrected chi connectivity index (χ1v) is 8.67. The van der Waals surface area contributed by atoms with Gasteiger partial charge >= 0.3 is 11.9 Å². The van der Waals surface area contributed by atoms with Crippen molar-refractivity contribution in [3.8, 4) is 17.2 Å². The molecule has 1 aromatic carbocycles. The summed E-state index contributed by atoms with van der Waals surface area (Å²) in [5.41, 5.74) is -0.114. The summed E-state index contributed by atoms with van der Waals surface area (Å²) in [5, 5.41) is 19.7. The van der Waals surface area contributed by atoms with Crippen LogP contribution in [0.15, 0.2) is 29.1 Å². The molecule has 29 heavy (non-hydrogen) atoms. The molecular formula is C20H23NO8. The van der Waals surface area contributed by atoms with Gasteiger partial charge < -0.3 is 29.0 Å². The molecule has 0 radical (unpaired) electrons. The minimum atomic E-state index is -1.21. The summed E-state index contributed by atoms with van der Waals surface area (Å²) in [4.78, 5) is 36.3. The van der Waals surface area contributed by atoms with Gasteiger partial charge in [-0.3, -0.25) is 14.4 Å². The van der Waals surface area contributed by atoms with E-state index >= 15 is 0 Å². The lowest BCUT2D eigenvalue weighted by atomic mass is 9.87. The van der Waals surface area contributed by atoms with E-state index in [-0.39, 0.29) is 23.4 Å². The van der Waals surface area contributed by atoms with Crippen LogP contribution in [-0.4, -0.2) is 48.0 Å². The molecule has 9 nitrogen and oxygen atoms in total. The second kappa shape index (κ2) is 9.13. The fourth-order valence-electron chi connectivity index (χ4n) is 3.15. The molecule has 0 aliphatic heterocycles. The maximum atomic E-state index is 13.1. The van der Waals surface area contributed by atoms with E-state index < -0.39 is 30.0 Å². The minimum absolute atomic E-state index is 0.120. The fourth-order valence-corrected chi connectivity index (χ4v) is 3.15. The molecule has 156 valence electrons. The maximum Gasteiger partial charge on any atom is 0.323 e. The largest absolute Gasteiger partial charge is 0.507 e. The van der Waals surface area contributed by atoms with Crippen molar-refractivity contribution in [3.63, 3.8) is 0 Å². The highest BCUT2D eigenvalue weighted by atomic mass is 16.5. The van der Waals surface area contributed by atoms with Gasteiger partial charge in [-0.25, -0.2) is 0 Å².